The lowest BCUT2D eigenvalue weighted by atomic mass is 10.1. The molecule has 1 aliphatic heterocycles. The number of anilines is 1. The van der Waals surface area contributed by atoms with E-state index < -0.39 is 0 Å². The van der Waals surface area contributed by atoms with E-state index >= 15 is 0 Å². The second-order valence-electron chi connectivity index (χ2n) is 7.32. The van der Waals surface area contributed by atoms with Gasteiger partial charge in [-0.1, -0.05) is 11.6 Å². The van der Waals surface area contributed by atoms with Gasteiger partial charge in [0.1, 0.15) is 5.75 Å². The lowest BCUT2D eigenvalue weighted by Crippen LogP contribution is -2.50. The maximum atomic E-state index is 12.6. The van der Waals surface area contributed by atoms with Crippen molar-refractivity contribution < 1.29 is 23.8 Å². The van der Waals surface area contributed by atoms with Crippen molar-refractivity contribution in [2.75, 3.05) is 45.7 Å². The molecule has 0 aliphatic carbocycles. The molecule has 1 aromatic carbocycles. The van der Waals surface area contributed by atoms with Crippen LogP contribution < -0.4 is 15.8 Å². The molecule has 0 radical (unpaired) electrons. The van der Waals surface area contributed by atoms with Crippen LogP contribution in [0.5, 0.6) is 5.75 Å². The van der Waals surface area contributed by atoms with E-state index in [4.69, 9.17) is 31.5 Å². The van der Waals surface area contributed by atoms with Crippen molar-refractivity contribution in [1.29, 1.82) is 0 Å². The zero-order valence-electron chi connectivity index (χ0n) is 17.9. The molecule has 9 heteroatoms. The molecule has 1 saturated heterocycles. The monoisotopic (exact) mass is 441 g/mol. The molecule has 2 rings (SSSR count). The van der Waals surface area contributed by atoms with Gasteiger partial charge in [0.15, 0.2) is 0 Å². The molecule has 1 unspecified atom stereocenters. The van der Waals surface area contributed by atoms with Crippen LogP contribution in [0.1, 0.15) is 43.5 Å². The smallest absolute Gasteiger partial charge is 0.305 e. The van der Waals surface area contributed by atoms with Crippen LogP contribution in [-0.2, 0) is 14.3 Å². The topological polar surface area (TPSA) is 103 Å². The number of carbonyl (C=O) groups is 2. The average Bonchev–Trinajstić information content (AvgIpc) is 2.73. The van der Waals surface area contributed by atoms with Crippen LogP contribution in [0.4, 0.5) is 5.69 Å². The zero-order chi connectivity index (χ0) is 22.1. The Morgan fingerprint density at radius 2 is 2.20 bits per heavy atom. The third kappa shape index (κ3) is 7.04. The summed E-state index contributed by atoms with van der Waals surface area (Å²) in [4.78, 5) is 26.4. The Morgan fingerprint density at radius 3 is 2.90 bits per heavy atom. The number of hydrogen-bond acceptors (Lipinski definition) is 7. The Labute approximate surface area is 183 Å². The number of hydrogen-bond donors (Lipinski definition) is 2. The molecule has 1 amide bonds. The van der Waals surface area contributed by atoms with E-state index in [0.717, 1.165) is 19.4 Å². The number of amides is 1. The van der Waals surface area contributed by atoms with Gasteiger partial charge in [0.2, 0.25) is 0 Å². The lowest BCUT2D eigenvalue weighted by Gasteiger charge is -2.37. The molecule has 2 atom stereocenters. The van der Waals surface area contributed by atoms with Crippen molar-refractivity contribution >= 4 is 29.2 Å². The van der Waals surface area contributed by atoms with Crippen LogP contribution in [0.25, 0.3) is 0 Å². The van der Waals surface area contributed by atoms with Crippen LogP contribution in [0.15, 0.2) is 12.1 Å². The first-order chi connectivity index (χ1) is 14.3. The van der Waals surface area contributed by atoms with Crippen molar-refractivity contribution in [1.82, 2.24) is 10.2 Å². The largest absolute Gasteiger partial charge is 0.496 e. The molecule has 0 bridgehead atoms. The summed E-state index contributed by atoms with van der Waals surface area (Å²) >= 11 is 6.05. The fraction of sp³-hybridized carbons (Fsp3) is 0.619. The number of nitrogens with two attached hydrogens (primary N) is 1. The summed E-state index contributed by atoms with van der Waals surface area (Å²) < 4.78 is 16.0. The average molecular weight is 442 g/mol. The minimum atomic E-state index is -0.294. The van der Waals surface area contributed by atoms with Crippen LogP contribution in [-0.4, -0.2) is 68.9 Å². The number of nitrogen functional groups attached to an aromatic ring is 1. The number of rotatable bonds is 10. The third-order valence-electron chi connectivity index (χ3n) is 5.16. The third-order valence-corrected chi connectivity index (χ3v) is 5.48. The summed E-state index contributed by atoms with van der Waals surface area (Å²) in [6.07, 6.45) is 2.01. The molecular formula is C21H32ClN3O5. The standard InChI is InChI=1S/C21H32ClN3O5/c1-4-29-20(26)7-5-6-14(2)25-8-9-30-15(13-25)12-24-21(27)16-10-17(22)18(23)11-19(16)28-3/h10-11,14-15H,4-9,12-13,23H2,1-3H3,(H,24,27)/t14?,15-/m0/s1. The second kappa shape index (κ2) is 12.0. The summed E-state index contributed by atoms with van der Waals surface area (Å²) in [5, 5.41) is 3.19. The molecule has 1 aromatic rings. The summed E-state index contributed by atoms with van der Waals surface area (Å²) in [6.45, 7) is 6.88. The predicted octanol–water partition coefficient (Wildman–Crippen LogP) is 2.48. The summed E-state index contributed by atoms with van der Waals surface area (Å²) in [5.41, 5.74) is 6.46. The number of morpholine rings is 1. The molecule has 1 aliphatic rings. The van der Waals surface area contributed by atoms with E-state index in [9.17, 15) is 9.59 Å². The van der Waals surface area contributed by atoms with Gasteiger partial charge < -0.3 is 25.3 Å². The van der Waals surface area contributed by atoms with E-state index in [0.29, 0.717) is 60.8 Å². The maximum absolute atomic E-state index is 12.6. The highest BCUT2D eigenvalue weighted by molar-refractivity contribution is 6.33. The Balaban J connectivity index is 1.83. The van der Waals surface area contributed by atoms with Gasteiger partial charge in [0, 0.05) is 38.2 Å². The first-order valence-electron chi connectivity index (χ1n) is 10.3. The first kappa shape index (κ1) is 24.2. The molecule has 0 aromatic heterocycles. The number of carbonyl (C=O) groups excluding carboxylic acids is 2. The molecule has 3 N–H and O–H groups in total. The van der Waals surface area contributed by atoms with E-state index in [1.807, 2.05) is 6.92 Å². The number of nitrogens with zero attached hydrogens (tertiary/aromatic N) is 1. The quantitative estimate of drug-likeness (QED) is 0.424. The molecule has 168 valence electrons. The van der Waals surface area contributed by atoms with Crippen molar-refractivity contribution in [3.8, 4) is 5.75 Å². The summed E-state index contributed by atoms with van der Waals surface area (Å²) in [7, 11) is 1.48. The van der Waals surface area contributed by atoms with Gasteiger partial charge in [0.25, 0.3) is 5.91 Å². The predicted molar refractivity (Wildman–Crippen MR) is 116 cm³/mol. The van der Waals surface area contributed by atoms with E-state index in [-0.39, 0.29) is 18.0 Å². The Morgan fingerprint density at radius 1 is 1.43 bits per heavy atom. The Bertz CT molecular complexity index is 731. The number of ether oxygens (including phenoxy) is 3. The van der Waals surface area contributed by atoms with Gasteiger partial charge in [-0.05, 0) is 32.8 Å². The highest BCUT2D eigenvalue weighted by Gasteiger charge is 2.25. The van der Waals surface area contributed by atoms with Gasteiger partial charge in [-0.3, -0.25) is 14.5 Å². The van der Waals surface area contributed by atoms with Gasteiger partial charge in [0.05, 0.1) is 42.7 Å². The van der Waals surface area contributed by atoms with Gasteiger partial charge in [-0.15, -0.1) is 0 Å². The maximum Gasteiger partial charge on any atom is 0.305 e. The molecular weight excluding hydrogens is 410 g/mol. The van der Waals surface area contributed by atoms with E-state index in [1.165, 1.54) is 19.2 Å². The molecule has 30 heavy (non-hydrogen) atoms. The molecule has 0 spiro atoms. The normalized spacial score (nSPS) is 17.9. The van der Waals surface area contributed by atoms with Crippen molar-refractivity contribution in [3.63, 3.8) is 0 Å². The first-order valence-corrected chi connectivity index (χ1v) is 10.7. The highest BCUT2D eigenvalue weighted by Crippen LogP contribution is 2.28. The summed E-state index contributed by atoms with van der Waals surface area (Å²) in [6, 6.07) is 3.36. The number of halogens is 1. The van der Waals surface area contributed by atoms with Crippen LogP contribution >= 0.6 is 11.6 Å². The van der Waals surface area contributed by atoms with E-state index in [1.54, 1.807) is 0 Å². The lowest BCUT2D eigenvalue weighted by molar-refractivity contribution is -0.143. The van der Waals surface area contributed by atoms with Crippen molar-refractivity contribution in [2.24, 2.45) is 0 Å². The minimum absolute atomic E-state index is 0.120. The number of methoxy groups -OCH3 is 1. The molecule has 1 fully saturated rings. The fourth-order valence-corrected chi connectivity index (χ4v) is 3.60. The highest BCUT2D eigenvalue weighted by atomic mass is 35.5. The van der Waals surface area contributed by atoms with E-state index in [2.05, 4.69) is 17.1 Å². The Hall–Kier alpha value is -2.03. The summed E-state index contributed by atoms with van der Waals surface area (Å²) in [5.74, 6) is -0.0711. The van der Waals surface area contributed by atoms with Crippen molar-refractivity contribution in [3.05, 3.63) is 22.7 Å². The fourth-order valence-electron chi connectivity index (χ4n) is 3.44. The number of esters is 1. The SMILES string of the molecule is CCOC(=O)CCCC(C)N1CCO[C@@H](CNC(=O)c2cc(Cl)c(N)cc2OC)C1. The Kier molecular flexibility index (Phi) is 9.68. The van der Waals surface area contributed by atoms with Crippen LogP contribution in [0.2, 0.25) is 5.02 Å². The van der Waals surface area contributed by atoms with Crippen LogP contribution in [0, 0.1) is 0 Å². The van der Waals surface area contributed by atoms with Gasteiger partial charge in [-0.25, -0.2) is 0 Å². The number of nitrogens with one attached hydrogen (secondary N) is 1. The molecule has 1 heterocycles. The molecule has 8 nitrogen and oxygen atoms in total. The zero-order valence-corrected chi connectivity index (χ0v) is 18.7. The van der Waals surface area contributed by atoms with Gasteiger partial charge in [-0.2, -0.15) is 0 Å². The van der Waals surface area contributed by atoms with Gasteiger partial charge >= 0.3 is 5.97 Å². The minimum Gasteiger partial charge on any atom is -0.496 e. The van der Waals surface area contributed by atoms with Crippen LogP contribution in [0.3, 0.4) is 0 Å². The second-order valence-corrected chi connectivity index (χ2v) is 7.73. The van der Waals surface area contributed by atoms with Crippen molar-refractivity contribution in [2.45, 2.75) is 45.3 Å². The number of benzene rings is 1. The molecule has 0 saturated carbocycles.